The lowest BCUT2D eigenvalue weighted by Crippen LogP contribution is -2.26. The first-order valence-electron chi connectivity index (χ1n) is 7.04. The minimum Gasteiger partial charge on any atom is -0.345 e. The lowest BCUT2D eigenvalue weighted by molar-refractivity contribution is 0.0943. The number of aryl methyl sites for hydroxylation is 2. The molecule has 2 rings (SSSR count). The fourth-order valence-electron chi connectivity index (χ4n) is 2.08. The molecule has 0 aliphatic heterocycles. The Bertz CT molecular complexity index is 622. The Balaban J connectivity index is 2.08. The van der Waals surface area contributed by atoms with Crippen LogP contribution in [0.1, 0.15) is 52.2 Å². The van der Waals surface area contributed by atoms with Gasteiger partial charge in [0.05, 0.1) is 16.7 Å². The number of hydrogen-bond donors (Lipinski definition) is 1. The summed E-state index contributed by atoms with van der Waals surface area (Å²) in [6, 6.07) is 7.96. The molecule has 0 aliphatic rings. The van der Waals surface area contributed by atoms with Crippen molar-refractivity contribution in [2.24, 2.45) is 0 Å². The third-order valence-corrected chi connectivity index (χ3v) is 4.97. The van der Waals surface area contributed by atoms with Crippen LogP contribution in [0.15, 0.2) is 28.7 Å². The maximum atomic E-state index is 12.4. The molecule has 0 radical (unpaired) electrons. The summed E-state index contributed by atoms with van der Waals surface area (Å²) in [7, 11) is 0. The van der Waals surface area contributed by atoms with Gasteiger partial charge in [-0.05, 0) is 44.4 Å². The van der Waals surface area contributed by atoms with Crippen LogP contribution in [0.4, 0.5) is 0 Å². The molecule has 1 aromatic carbocycles. The minimum absolute atomic E-state index is 0.0262. The van der Waals surface area contributed by atoms with Gasteiger partial charge in [-0.25, -0.2) is 4.98 Å². The number of carbonyl (C=O) groups excluding carboxylic acids is 1. The van der Waals surface area contributed by atoms with Gasteiger partial charge in [0.15, 0.2) is 0 Å². The number of carbonyl (C=O) groups is 1. The predicted molar refractivity (Wildman–Crippen MR) is 90.9 cm³/mol. The van der Waals surface area contributed by atoms with E-state index in [0.29, 0.717) is 0 Å². The van der Waals surface area contributed by atoms with E-state index >= 15 is 0 Å². The highest BCUT2D eigenvalue weighted by Crippen LogP contribution is 2.21. The van der Waals surface area contributed by atoms with Crippen LogP contribution < -0.4 is 5.32 Å². The Hall–Kier alpha value is -1.20. The van der Waals surface area contributed by atoms with Gasteiger partial charge in [0.2, 0.25) is 0 Å². The zero-order valence-corrected chi connectivity index (χ0v) is 14.8. The van der Waals surface area contributed by atoms with E-state index in [1.165, 1.54) is 11.3 Å². The summed E-state index contributed by atoms with van der Waals surface area (Å²) >= 11 is 4.92. The average molecular weight is 367 g/mol. The first-order chi connectivity index (χ1) is 10.0. The minimum atomic E-state index is -0.0391. The normalized spacial score (nSPS) is 12.2. The van der Waals surface area contributed by atoms with Gasteiger partial charge in [0.25, 0.3) is 5.91 Å². The molecular formula is C16H19BrN2OS. The average Bonchev–Trinajstić information content (AvgIpc) is 2.81. The maximum Gasteiger partial charge on any atom is 0.263 e. The molecule has 3 nitrogen and oxygen atoms in total. The second-order valence-electron chi connectivity index (χ2n) is 5.02. The lowest BCUT2D eigenvalue weighted by Gasteiger charge is -2.14. The van der Waals surface area contributed by atoms with E-state index in [4.69, 9.17) is 0 Å². The number of rotatable bonds is 5. The topological polar surface area (TPSA) is 42.0 Å². The third-order valence-electron chi connectivity index (χ3n) is 3.23. The molecule has 5 heteroatoms. The molecule has 1 atom stereocenters. The van der Waals surface area contributed by atoms with Crippen LogP contribution in [0.2, 0.25) is 0 Å². The molecule has 21 heavy (non-hydrogen) atoms. The number of amides is 1. The van der Waals surface area contributed by atoms with E-state index in [1.54, 1.807) is 0 Å². The molecule has 0 fully saturated rings. The fourth-order valence-corrected chi connectivity index (χ4v) is 3.41. The summed E-state index contributed by atoms with van der Waals surface area (Å²) in [5.41, 5.74) is 1.91. The van der Waals surface area contributed by atoms with Crippen molar-refractivity contribution in [1.29, 1.82) is 0 Å². The molecule has 0 aliphatic carbocycles. The highest BCUT2D eigenvalue weighted by atomic mass is 79.9. The van der Waals surface area contributed by atoms with Crippen LogP contribution in [0, 0.1) is 6.92 Å². The van der Waals surface area contributed by atoms with Crippen LogP contribution in [0.25, 0.3) is 0 Å². The number of aromatic nitrogens is 1. The summed E-state index contributed by atoms with van der Waals surface area (Å²) < 4.78 is 1.03. The van der Waals surface area contributed by atoms with E-state index in [0.717, 1.165) is 38.5 Å². The number of halogens is 1. The Morgan fingerprint density at radius 3 is 2.67 bits per heavy atom. The van der Waals surface area contributed by atoms with Crippen LogP contribution in [-0.2, 0) is 6.42 Å². The van der Waals surface area contributed by atoms with Gasteiger partial charge in [-0.2, -0.15) is 0 Å². The number of hydrogen-bond acceptors (Lipinski definition) is 3. The molecule has 0 saturated heterocycles. The van der Waals surface area contributed by atoms with Gasteiger partial charge in [0.1, 0.15) is 4.88 Å². The zero-order valence-electron chi connectivity index (χ0n) is 12.4. The molecule has 1 N–H and O–H groups in total. The van der Waals surface area contributed by atoms with Crippen LogP contribution in [0.3, 0.4) is 0 Å². The van der Waals surface area contributed by atoms with Crippen molar-refractivity contribution >= 4 is 33.2 Å². The van der Waals surface area contributed by atoms with Gasteiger partial charge in [-0.1, -0.05) is 35.0 Å². The SMILES string of the molecule is CCCc1nc(C)c(C(=O)NC(C)c2ccc(Br)cc2)s1. The highest BCUT2D eigenvalue weighted by molar-refractivity contribution is 9.10. The van der Waals surface area contributed by atoms with E-state index in [2.05, 4.69) is 33.2 Å². The van der Waals surface area contributed by atoms with Crippen LogP contribution in [0.5, 0.6) is 0 Å². The molecule has 1 unspecified atom stereocenters. The largest absolute Gasteiger partial charge is 0.345 e. The van der Waals surface area contributed by atoms with E-state index in [9.17, 15) is 4.79 Å². The molecule has 1 aromatic heterocycles. The Kier molecular flexibility index (Phi) is 5.53. The van der Waals surface area contributed by atoms with Crippen molar-refractivity contribution in [3.63, 3.8) is 0 Å². The van der Waals surface area contributed by atoms with Crippen molar-refractivity contribution in [2.75, 3.05) is 0 Å². The number of nitrogens with zero attached hydrogens (tertiary/aromatic N) is 1. The van der Waals surface area contributed by atoms with Gasteiger partial charge in [-0.15, -0.1) is 11.3 Å². The standard InChI is InChI=1S/C16H19BrN2OS/c1-4-5-14-18-11(3)15(21-14)16(20)19-10(2)12-6-8-13(17)9-7-12/h6-10H,4-5H2,1-3H3,(H,19,20). The lowest BCUT2D eigenvalue weighted by atomic mass is 10.1. The first kappa shape index (κ1) is 16.2. The van der Waals surface area contributed by atoms with Gasteiger partial charge >= 0.3 is 0 Å². The predicted octanol–water partition coefficient (Wildman–Crippen LogP) is 4.66. The second kappa shape index (κ2) is 7.18. The van der Waals surface area contributed by atoms with Crippen LogP contribution >= 0.6 is 27.3 Å². The number of benzene rings is 1. The van der Waals surface area contributed by atoms with E-state index < -0.39 is 0 Å². The third kappa shape index (κ3) is 4.14. The quantitative estimate of drug-likeness (QED) is 0.835. The smallest absolute Gasteiger partial charge is 0.263 e. The summed E-state index contributed by atoms with van der Waals surface area (Å²) in [5.74, 6) is -0.0391. The molecule has 2 aromatic rings. The summed E-state index contributed by atoms with van der Waals surface area (Å²) in [5, 5.41) is 4.08. The highest BCUT2D eigenvalue weighted by Gasteiger charge is 2.17. The van der Waals surface area contributed by atoms with Crippen LogP contribution in [-0.4, -0.2) is 10.9 Å². The molecule has 112 valence electrons. The monoisotopic (exact) mass is 366 g/mol. The number of thiazole rings is 1. The van der Waals surface area contributed by atoms with Crippen molar-refractivity contribution in [3.8, 4) is 0 Å². The van der Waals surface area contributed by atoms with Crippen molar-refractivity contribution < 1.29 is 4.79 Å². The Morgan fingerprint density at radius 2 is 2.05 bits per heavy atom. The van der Waals surface area contributed by atoms with Crippen molar-refractivity contribution in [1.82, 2.24) is 10.3 Å². The first-order valence-corrected chi connectivity index (χ1v) is 8.64. The Morgan fingerprint density at radius 1 is 1.38 bits per heavy atom. The molecule has 0 saturated carbocycles. The van der Waals surface area contributed by atoms with E-state index in [1.807, 2.05) is 38.1 Å². The summed E-state index contributed by atoms with van der Waals surface area (Å²) in [6.45, 7) is 6.01. The second-order valence-corrected chi connectivity index (χ2v) is 7.02. The fraction of sp³-hybridized carbons (Fsp3) is 0.375. The summed E-state index contributed by atoms with van der Waals surface area (Å²) in [6.07, 6.45) is 1.98. The van der Waals surface area contributed by atoms with E-state index in [-0.39, 0.29) is 11.9 Å². The zero-order chi connectivity index (χ0) is 15.4. The molecule has 1 amide bonds. The van der Waals surface area contributed by atoms with Gasteiger partial charge in [-0.3, -0.25) is 4.79 Å². The molecule has 1 heterocycles. The van der Waals surface area contributed by atoms with Gasteiger partial charge < -0.3 is 5.32 Å². The maximum absolute atomic E-state index is 12.4. The van der Waals surface area contributed by atoms with Crippen molar-refractivity contribution in [2.45, 2.75) is 39.7 Å². The Labute approximate surface area is 137 Å². The molecular weight excluding hydrogens is 348 g/mol. The van der Waals surface area contributed by atoms with Gasteiger partial charge in [0, 0.05) is 4.47 Å². The molecule has 0 spiro atoms. The number of nitrogens with one attached hydrogen (secondary N) is 1. The van der Waals surface area contributed by atoms with Crippen molar-refractivity contribution in [3.05, 3.63) is 49.9 Å². The molecule has 0 bridgehead atoms. The summed E-state index contributed by atoms with van der Waals surface area (Å²) in [4.78, 5) is 17.6.